The van der Waals surface area contributed by atoms with Gasteiger partial charge in [-0.05, 0) is 36.4 Å². The number of para-hydroxylation sites is 1. The molecule has 4 rings (SSSR count). The largest absolute Gasteiger partial charge is 0.477 e. The summed E-state index contributed by atoms with van der Waals surface area (Å²) in [5.41, 5.74) is 0.581. The van der Waals surface area contributed by atoms with Crippen molar-refractivity contribution in [1.29, 1.82) is 5.26 Å². The topological polar surface area (TPSA) is 79.5 Å². The number of thiophene rings is 3. The predicted octanol–water partition coefficient (Wildman–Crippen LogP) is 6.96. The van der Waals surface area contributed by atoms with Crippen LogP contribution in [0.4, 0.5) is 10.7 Å². The van der Waals surface area contributed by atoms with Crippen molar-refractivity contribution in [3.05, 3.63) is 77.2 Å². The quantitative estimate of drug-likeness (QED) is 0.124. The molecule has 0 saturated heterocycles. The summed E-state index contributed by atoms with van der Waals surface area (Å²) in [5.74, 6) is -1.23. The number of carboxylic acids is 1. The van der Waals surface area contributed by atoms with Crippen molar-refractivity contribution < 1.29 is 19.6 Å². The third kappa shape index (κ3) is 4.54. The minimum atomic E-state index is -1.23. The van der Waals surface area contributed by atoms with Gasteiger partial charge in [0.05, 0.1) is 4.88 Å². The molecule has 1 N–H and O–H groups in total. The van der Waals surface area contributed by atoms with Crippen LogP contribution in [0.3, 0.4) is 0 Å². The van der Waals surface area contributed by atoms with Crippen molar-refractivity contribution in [2.75, 3.05) is 14.2 Å². The standard InChI is InChI=1S/C24H18N2O4S3/c1-29-26(30-2,17-6-4-3-5-7-17)23-13-12-22(33-23)21-11-10-20(32-21)19-9-8-18(31-19)14-16(15-25)24(27)28/h3-14H,1-2H3/p+1. The zero-order valence-electron chi connectivity index (χ0n) is 17.7. The van der Waals surface area contributed by atoms with Crippen molar-refractivity contribution in [3.63, 3.8) is 0 Å². The first-order chi connectivity index (χ1) is 16.0. The Morgan fingerprint density at radius 1 is 0.879 bits per heavy atom. The van der Waals surface area contributed by atoms with Gasteiger partial charge in [0.2, 0.25) is 5.69 Å². The zero-order chi connectivity index (χ0) is 23.4. The lowest BCUT2D eigenvalue weighted by Gasteiger charge is -2.26. The summed E-state index contributed by atoms with van der Waals surface area (Å²) >= 11 is 4.69. The zero-order valence-corrected chi connectivity index (χ0v) is 20.2. The minimum absolute atomic E-state index is 0.171. The Morgan fingerprint density at radius 3 is 2.06 bits per heavy atom. The molecule has 0 radical (unpaired) electrons. The summed E-state index contributed by atoms with van der Waals surface area (Å²) in [6.45, 7) is 0. The Balaban J connectivity index is 1.62. The Bertz CT molecular complexity index is 1340. The minimum Gasteiger partial charge on any atom is -0.477 e. The summed E-state index contributed by atoms with van der Waals surface area (Å²) in [6.07, 6.45) is 1.40. The van der Waals surface area contributed by atoms with Gasteiger partial charge in [-0.3, -0.25) is 0 Å². The molecule has 3 heterocycles. The Hall–Kier alpha value is -3.10. The molecule has 0 aliphatic carbocycles. The van der Waals surface area contributed by atoms with Crippen LogP contribution in [0.15, 0.2) is 72.3 Å². The van der Waals surface area contributed by atoms with Gasteiger partial charge in [-0.1, -0.05) is 29.5 Å². The van der Waals surface area contributed by atoms with Gasteiger partial charge in [0.15, 0.2) is 0 Å². The molecule has 3 aromatic heterocycles. The lowest BCUT2D eigenvalue weighted by Crippen LogP contribution is -2.41. The highest BCUT2D eigenvalue weighted by Gasteiger charge is 2.38. The Labute approximate surface area is 202 Å². The van der Waals surface area contributed by atoms with Gasteiger partial charge >= 0.3 is 5.97 Å². The molecular weight excluding hydrogens is 476 g/mol. The van der Waals surface area contributed by atoms with Crippen LogP contribution in [-0.2, 0) is 14.5 Å². The number of nitriles is 1. The molecule has 9 heteroatoms. The van der Waals surface area contributed by atoms with Crippen molar-refractivity contribution in [2.45, 2.75) is 0 Å². The second kappa shape index (κ2) is 9.80. The van der Waals surface area contributed by atoms with Crippen molar-refractivity contribution >= 4 is 56.7 Å². The van der Waals surface area contributed by atoms with Crippen LogP contribution in [0.2, 0.25) is 0 Å². The van der Waals surface area contributed by atoms with Crippen LogP contribution >= 0.6 is 34.0 Å². The van der Waals surface area contributed by atoms with Crippen molar-refractivity contribution in [3.8, 4) is 25.6 Å². The molecule has 0 unspecified atom stereocenters. The second-order valence-corrected chi connectivity index (χ2v) is 9.99. The molecule has 0 aliphatic rings. The van der Waals surface area contributed by atoms with Gasteiger partial charge in [0.25, 0.3) is 5.00 Å². The first kappa shape index (κ1) is 23.1. The highest BCUT2D eigenvalue weighted by Crippen LogP contribution is 2.45. The molecule has 0 aliphatic heterocycles. The van der Waals surface area contributed by atoms with E-state index in [2.05, 4.69) is 12.1 Å². The number of carboxylic acid groups (broad SMARTS) is 1. The summed E-state index contributed by atoms with van der Waals surface area (Å²) in [6, 6.07) is 23.4. The highest BCUT2D eigenvalue weighted by molar-refractivity contribution is 7.27. The fraction of sp³-hybridized carbons (Fsp3) is 0.0833. The number of quaternary nitrogens is 1. The molecule has 0 spiro atoms. The van der Waals surface area contributed by atoms with Crippen molar-refractivity contribution in [2.24, 2.45) is 0 Å². The van der Waals surface area contributed by atoms with E-state index in [1.54, 1.807) is 43.0 Å². The molecule has 0 fully saturated rings. The van der Waals surface area contributed by atoms with Crippen LogP contribution in [0.25, 0.3) is 25.6 Å². The Kier molecular flexibility index (Phi) is 6.85. The van der Waals surface area contributed by atoms with Crippen LogP contribution in [0.1, 0.15) is 4.88 Å². The van der Waals surface area contributed by atoms with Crippen LogP contribution in [0.5, 0.6) is 0 Å². The number of carbonyl (C=O) groups is 1. The lowest BCUT2D eigenvalue weighted by atomic mass is 10.2. The second-order valence-electron chi connectivity index (χ2n) is 6.73. The average molecular weight is 496 g/mol. The van der Waals surface area contributed by atoms with E-state index < -0.39 is 5.97 Å². The first-order valence-electron chi connectivity index (χ1n) is 9.73. The van der Waals surface area contributed by atoms with Gasteiger partial charge in [0.1, 0.15) is 25.9 Å². The molecule has 1 aromatic carbocycles. The summed E-state index contributed by atoms with van der Waals surface area (Å²) < 4.78 is 0. The van der Waals surface area contributed by atoms with Crippen LogP contribution in [0, 0.1) is 11.3 Å². The van der Waals surface area contributed by atoms with Crippen LogP contribution < -0.4 is 4.81 Å². The molecule has 166 valence electrons. The van der Waals surface area contributed by atoms with Crippen LogP contribution in [-0.4, -0.2) is 25.3 Å². The number of nitrogens with zero attached hydrogens (tertiary/aromatic N) is 2. The predicted molar refractivity (Wildman–Crippen MR) is 134 cm³/mol. The van der Waals surface area contributed by atoms with E-state index in [9.17, 15) is 4.79 Å². The summed E-state index contributed by atoms with van der Waals surface area (Å²) in [5, 5.41) is 18.9. The maximum Gasteiger partial charge on any atom is 0.346 e. The third-order valence-electron chi connectivity index (χ3n) is 4.85. The van der Waals surface area contributed by atoms with E-state index in [1.807, 2.05) is 54.6 Å². The third-order valence-corrected chi connectivity index (χ3v) is 8.49. The Morgan fingerprint density at radius 2 is 1.45 bits per heavy atom. The molecule has 6 nitrogen and oxygen atoms in total. The van der Waals surface area contributed by atoms with Gasteiger partial charge in [0, 0.05) is 42.5 Å². The lowest BCUT2D eigenvalue weighted by molar-refractivity contribution is -0.284. The molecule has 0 bridgehead atoms. The summed E-state index contributed by atoms with van der Waals surface area (Å²) in [4.78, 5) is 27.5. The van der Waals surface area contributed by atoms with E-state index in [0.29, 0.717) is 0 Å². The van der Waals surface area contributed by atoms with Crippen molar-refractivity contribution in [1.82, 2.24) is 4.81 Å². The molecule has 0 saturated carbocycles. The van der Waals surface area contributed by atoms with E-state index in [1.165, 1.54) is 17.4 Å². The SMILES string of the molecule is CO[N+](OC)(c1ccccc1)c1ccc(-c2ccc(-c3ccc(C=C(C#N)C(=O)O)s3)s2)s1. The maximum absolute atomic E-state index is 11.1. The monoisotopic (exact) mass is 495 g/mol. The molecule has 33 heavy (non-hydrogen) atoms. The van der Waals surface area contributed by atoms with Gasteiger partial charge in [-0.2, -0.15) is 14.9 Å². The number of aliphatic carboxylic acids is 1. The van der Waals surface area contributed by atoms with E-state index in [-0.39, 0.29) is 10.4 Å². The van der Waals surface area contributed by atoms with Gasteiger partial charge in [-0.25, -0.2) is 4.79 Å². The number of hydrogen-bond acceptors (Lipinski definition) is 7. The van der Waals surface area contributed by atoms with E-state index in [4.69, 9.17) is 20.0 Å². The molecule has 4 aromatic rings. The summed E-state index contributed by atoms with van der Waals surface area (Å²) in [7, 11) is 3.23. The fourth-order valence-corrected chi connectivity index (χ4v) is 6.54. The number of benzene rings is 1. The average Bonchev–Trinajstić information content (AvgIpc) is 3.60. The van der Waals surface area contributed by atoms with E-state index >= 15 is 0 Å². The number of hydrogen-bond donors (Lipinski definition) is 1. The number of rotatable bonds is 8. The normalized spacial score (nSPS) is 12.0. The van der Waals surface area contributed by atoms with Gasteiger partial charge < -0.3 is 5.11 Å². The van der Waals surface area contributed by atoms with E-state index in [0.717, 1.165) is 35.1 Å². The highest BCUT2D eigenvalue weighted by atomic mass is 32.1. The van der Waals surface area contributed by atoms with Gasteiger partial charge in [-0.15, -0.1) is 22.7 Å². The molecule has 0 amide bonds. The molecular formula is C24H19N2O4S3+. The first-order valence-corrected chi connectivity index (χ1v) is 12.2. The fourth-order valence-electron chi connectivity index (χ4n) is 3.28. The molecule has 0 atom stereocenters. The smallest absolute Gasteiger partial charge is 0.346 e. The maximum atomic E-state index is 11.1.